The zero-order chi connectivity index (χ0) is 16.5. The number of rotatable bonds is 7. The molecule has 1 heterocycles. The van der Waals surface area contributed by atoms with Crippen LogP contribution in [0, 0.1) is 11.3 Å². The molecule has 5 heteroatoms. The molecule has 0 unspecified atom stereocenters. The number of ether oxygens (including phenoxy) is 2. The molecule has 120 valence electrons. The molecule has 1 aromatic rings. The van der Waals surface area contributed by atoms with Gasteiger partial charge in [-0.1, -0.05) is 24.8 Å². The van der Waals surface area contributed by atoms with Gasteiger partial charge >= 0.3 is 0 Å². The minimum atomic E-state index is -0.380. The summed E-state index contributed by atoms with van der Waals surface area (Å²) in [6.45, 7) is 5.19. The number of amides is 1. The van der Waals surface area contributed by atoms with E-state index in [1.165, 1.54) is 0 Å². The third-order valence-corrected chi connectivity index (χ3v) is 3.44. The Balaban J connectivity index is 1.95. The highest BCUT2D eigenvalue weighted by molar-refractivity contribution is 6.01. The van der Waals surface area contributed by atoms with Crippen molar-refractivity contribution in [3.63, 3.8) is 0 Å². The maximum absolute atomic E-state index is 12.1. The van der Waals surface area contributed by atoms with Crippen molar-refractivity contribution in [3.8, 4) is 11.8 Å². The molecule has 2 rings (SSSR count). The predicted molar refractivity (Wildman–Crippen MR) is 87.7 cm³/mol. The molecule has 1 amide bonds. The van der Waals surface area contributed by atoms with Crippen LogP contribution in [-0.2, 0) is 9.53 Å². The minimum absolute atomic E-state index is 0.0557. The highest BCUT2D eigenvalue weighted by Gasteiger charge is 2.17. The molecule has 23 heavy (non-hydrogen) atoms. The number of nitrogens with zero attached hydrogens (tertiary/aromatic N) is 1. The van der Waals surface area contributed by atoms with Crippen LogP contribution in [0.15, 0.2) is 42.5 Å². The summed E-state index contributed by atoms with van der Waals surface area (Å²) in [6, 6.07) is 9.10. The largest absolute Gasteiger partial charge is 0.490 e. The molecular formula is C18H20N2O3. The first-order valence-corrected chi connectivity index (χ1v) is 7.58. The number of nitrogens with one attached hydrogen (secondary N) is 1. The Kier molecular flexibility index (Phi) is 6.40. The van der Waals surface area contributed by atoms with Gasteiger partial charge in [-0.25, -0.2) is 0 Å². The molecule has 1 aliphatic heterocycles. The van der Waals surface area contributed by atoms with Crippen molar-refractivity contribution in [1.82, 2.24) is 5.32 Å². The van der Waals surface area contributed by atoms with E-state index in [2.05, 4.69) is 11.9 Å². The Labute approximate surface area is 136 Å². The first-order chi connectivity index (χ1) is 11.2. The van der Waals surface area contributed by atoms with Gasteiger partial charge in [-0.05, 0) is 36.6 Å². The van der Waals surface area contributed by atoms with E-state index in [1.54, 1.807) is 36.4 Å². The molecule has 0 aromatic heterocycles. The molecule has 0 bridgehead atoms. The topological polar surface area (TPSA) is 71.3 Å². The van der Waals surface area contributed by atoms with Crippen LogP contribution in [0.1, 0.15) is 18.4 Å². The Hall–Kier alpha value is -2.58. The first kappa shape index (κ1) is 16.8. The van der Waals surface area contributed by atoms with E-state index >= 15 is 0 Å². The zero-order valence-electron chi connectivity index (χ0n) is 13.0. The average molecular weight is 312 g/mol. The van der Waals surface area contributed by atoms with Crippen LogP contribution in [0.25, 0.3) is 6.08 Å². The standard InChI is InChI=1S/C18H20N2O3/c1-2-9-22-16-7-5-14(6-8-16)11-15(12-19)18(21)20-13-17-4-3-10-23-17/h2,5-8,11,17H,1,3-4,9-10,13H2,(H,20,21)/b15-11+/t17-/m1/s1. The molecule has 1 saturated heterocycles. The van der Waals surface area contributed by atoms with E-state index < -0.39 is 0 Å². The summed E-state index contributed by atoms with van der Waals surface area (Å²) < 4.78 is 10.8. The fourth-order valence-corrected chi connectivity index (χ4v) is 2.24. The van der Waals surface area contributed by atoms with E-state index in [-0.39, 0.29) is 17.6 Å². The van der Waals surface area contributed by atoms with Crippen molar-refractivity contribution in [2.24, 2.45) is 0 Å². The van der Waals surface area contributed by atoms with Crippen LogP contribution in [0.5, 0.6) is 5.75 Å². The fraction of sp³-hybridized carbons (Fsp3) is 0.333. The Morgan fingerprint density at radius 1 is 1.48 bits per heavy atom. The van der Waals surface area contributed by atoms with E-state index in [9.17, 15) is 10.1 Å². The molecule has 1 N–H and O–H groups in total. The van der Waals surface area contributed by atoms with Gasteiger partial charge in [0, 0.05) is 13.2 Å². The van der Waals surface area contributed by atoms with E-state index in [0.717, 1.165) is 25.0 Å². The van der Waals surface area contributed by atoms with Gasteiger partial charge < -0.3 is 14.8 Å². The molecule has 1 aromatic carbocycles. The molecule has 1 aliphatic rings. The summed E-state index contributed by atoms with van der Waals surface area (Å²) in [7, 11) is 0. The minimum Gasteiger partial charge on any atom is -0.490 e. The lowest BCUT2D eigenvalue weighted by atomic mass is 10.1. The van der Waals surface area contributed by atoms with E-state index in [1.807, 2.05) is 6.07 Å². The van der Waals surface area contributed by atoms with Crippen molar-refractivity contribution < 1.29 is 14.3 Å². The monoisotopic (exact) mass is 312 g/mol. The first-order valence-electron chi connectivity index (χ1n) is 7.58. The molecule has 1 fully saturated rings. The summed E-state index contributed by atoms with van der Waals surface area (Å²) in [6.07, 6.45) is 5.24. The number of hydrogen-bond acceptors (Lipinski definition) is 4. The molecule has 0 aliphatic carbocycles. The fourth-order valence-electron chi connectivity index (χ4n) is 2.24. The van der Waals surface area contributed by atoms with Gasteiger partial charge in [0.15, 0.2) is 0 Å². The summed E-state index contributed by atoms with van der Waals surface area (Å²) in [5.74, 6) is 0.332. The van der Waals surface area contributed by atoms with Crippen molar-refractivity contribution in [2.75, 3.05) is 19.8 Å². The highest BCUT2D eigenvalue weighted by atomic mass is 16.5. The second kappa shape index (κ2) is 8.76. The maximum Gasteiger partial charge on any atom is 0.262 e. The van der Waals surface area contributed by atoms with Gasteiger partial charge in [-0.15, -0.1) is 0 Å². The summed E-state index contributed by atoms with van der Waals surface area (Å²) >= 11 is 0. The Morgan fingerprint density at radius 2 is 2.26 bits per heavy atom. The SMILES string of the molecule is C=CCOc1ccc(/C=C(\C#N)C(=O)NC[C@H]2CCCO2)cc1. The average Bonchev–Trinajstić information content (AvgIpc) is 3.10. The molecule has 1 atom stereocenters. The Morgan fingerprint density at radius 3 is 2.87 bits per heavy atom. The third kappa shape index (κ3) is 5.28. The second-order valence-corrected chi connectivity index (χ2v) is 5.18. The summed E-state index contributed by atoms with van der Waals surface area (Å²) in [5, 5.41) is 11.9. The number of nitriles is 1. The third-order valence-electron chi connectivity index (χ3n) is 3.44. The predicted octanol–water partition coefficient (Wildman–Crippen LogP) is 2.45. The Bertz CT molecular complexity index is 608. The molecule has 0 spiro atoms. The summed E-state index contributed by atoms with van der Waals surface area (Å²) in [4.78, 5) is 12.1. The van der Waals surface area contributed by atoms with Crippen LogP contribution in [0.2, 0.25) is 0 Å². The number of carbonyl (C=O) groups excluding carboxylic acids is 1. The number of carbonyl (C=O) groups is 1. The lowest BCUT2D eigenvalue weighted by Crippen LogP contribution is -2.32. The van der Waals surface area contributed by atoms with Crippen LogP contribution < -0.4 is 10.1 Å². The normalized spacial score (nSPS) is 17.3. The van der Waals surface area contributed by atoms with E-state index in [4.69, 9.17) is 9.47 Å². The maximum atomic E-state index is 12.1. The van der Waals surface area contributed by atoms with Crippen LogP contribution in [0.3, 0.4) is 0 Å². The smallest absolute Gasteiger partial charge is 0.262 e. The van der Waals surface area contributed by atoms with Crippen LogP contribution in [-0.4, -0.2) is 31.8 Å². The van der Waals surface area contributed by atoms with E-state index in [0.29, 0.717) is 18.9 Å². The lowest BCUT2D eigenvalue weighted by molar-refractivity contribution is -0.117. The summed E-state index contributed by atoms with van der Waals surface area (Å²) in [5.41, 5.74) is 0.836. The molecule has 0 saturated carbocycles. The van der Waals surface area contributed by atoms with Crippen molar-refractivity contribution in [3.05, 3.63) is 48.1 Å². The van der Waals surface area contributed by atoms with Crippen molar-refractivity contribution in [2.45, 2.75) is 18.9 Å². The number of hydrogen-bond donors (Lipinski definition) is 1. The number of benzene rings is 1. The van der Waals surface area contributed by atoms with Crippen molar-refractivity contribution >= 4 is 12.0 Å². The second-order valence-electron chi connectivity index (χ2n) is 5.18. The van der Waals surface area contributed by atoms with Gasteiger partial charge in [0.2, 0.25) is 0 Å². The van der Waals surface area contributed by atoms with Gasteiger partial charge in [-0.2, -0.15) is 5.26 Å². The quantitative estimate of drug-likeness (QED) is 0.477. The van der Waals surface area contributed by atoms with Crippen LogP contribution in [0.4, 0.5) is 0 Å². The van der Waals surface area contributed by atoms with Gasteiger partial charge in [-0.3, -0.25) is 4.79 Å². The van der Waals surface area contributed by atoms with Gasteiger partial charge in [0.1, 0.15) is 24.0 Å². The lowest BCUT2D eigenvalue weighted by Gasteiger charge is -2.10. The van der Waals surface area contributed by atoms with Crippen molar-refractivity contribution in [1.29, 1.82) is 5.26 Å². The van der Waals surface area contributed by atoms with Crippen LogP contribution >= 0.6 is 0 Å². The molecule has 0 radical (unpaired) electrons. The highest BCUT2D eigenvalue weighted by Crippen LogP contribution is 2.15. The van der Waals surface area contributed by atoms with Gasteiger partial charge in [0.25, 0.3) is 5.91 Å². The van der Waals surface area contributed by atoms with Gasteiger partial charge in [0.05, 0.1) is 6.10 Å². The molecular weight excluding hydrogens is 292 g/mol. The molecule has 5 nitrogen and oxygen atoms in total. The zero-order valence-corrected chi connectivity index (χ0v) is 13.0.